The average Bonchev–Trinajstić information content (AvgIpc) is 2.79. The predicted molar refractivity (Wildman–Crippen MR) is 112 cm³/mol. The number of nitrogens with one attached hydrogen (secondary N) is 1. The van der Waals surface area contributed by atoms with Gasteiger partial charge in [-0.1, -0.05) is 48.5 Å². The van der Waals surface area contributed by atoms with Crippen LogP contribution in [0.25, 0.3) is 6.08 Å². The smallest absolute Gasteiger partial charge is 0.287 e. The summed E-state index contributed by atoms with van der Waals surface area (Å²) in [5.41, 5.74) is 4.02. The summed E-state index contributed by atoms with van der Waals surface area (Å²) in [4.78, 5) is 28.2. The Morgan fingerprint density at radius 3 is 2.50 bits per heavy atom. The largest absolute Gasteiger partial charge is 0.489 e. The Balaban J connectivity index is 1.40. The maximum atomic E-state index is 12.2. The normalized spacial score (nSPS) is 12.0. The molecule has 0 spiro atoms. The molecule has 0 fully saturated rings. The van der Waals surface area contributed by atoms with Gasteiger partial charge < -0.3 is 4.74 Å². The molecule has 0 bridgehead atoms. The van der Waals surface area contributed by atoms with Gasteiger partial charge in [0.1, 0.15) is 17.9 Å². The minimum Gasteiger partial charge on any atom is -0.489 e. The zero-order chi connectivity index (χ0) is 20.8. The fourth-order valence-electron chi connectivity index (χ4n) is 2.83. The monoisotopic (exact) mass is 395 g/mol. The third-order valence-corrected chi connectivity index (χ3v) is 4.39. The molecule has 0 atom stereocenters. The quantitative estimate of drug-likeness (QED) is 0.408. The number of rotatable bonds is 5. The van der Waals surface area contributed by atoms with Gasteiger partial charge in [-0.05, 0) is 42.0 Å². The van der Waals surface area contributed by atoms with Crippen LogP contribution in [-0.4, -0.2) is 17.7 Å². The van der Waals surface area contributed by atoms with Crippen molar-refractivity contribution in [1.29, 1.82) is 0 Å². The Kier molecular flexibility index (Phi) is 5.60. The summed E-state index contributed by atoms with van der Waals surface area (Å²) in [5, 5.41) is 5.16. The number of amides is 2. The molecule has 1 heterocycles. The highest BCUT2D eigenvalue weighted by Crippen LogP contribution is 2.14. The molecule has 3 aromatic carbocycles. The maximum Gasteiger partial charge on any atom is 0.287 e. The highest BCUT2D eigenvalue weighted by atomic mass is 16.5. The van der Waals surface area contributed by atoms with E-state index in [1.54, 1.807) is 36.4 Å². The summed E-state index contributed by atoms with van der Waals surface area (Å²) in [7, 11) is 0. The Morgan fingerprint density at radius 1 is 0.967 bits per heavy atom. The predicted octanol–water partition coefficient (Wildman–Crippen LogP) is 2.15. The molecule has 6 heteroatoms. The number of fused-ring (bicyclic) bond motifs is 1. The van der Waals surface area contributed by atoms with Gasteiger partial charge in [0.05, 0.1) is 5.36 Å². The van der Waals surface area contributed by atoms with Crippen LogP contribution in [0, 0.1) is 0 Å². The summed E-state index contributed by atoms with van der Waals surface area (Å²) in [6.07, 6.45) is 1.64. The second kappa shape index (κ2) is 8.82. The highest BCUT2D eigenvalue weighted by Gasteiger charge is 2.10. The van der Waals surface area contributed by atoms with Crippen LogP contribution in [0.15, 0.2) is 94.5 Å². The molecule has 6 nitrogen and oxygen atoms in total. The van der Waals surface area contributed by atoms with Crippen LogP contribution in [0.4, 0.5) is 0 Å². The minimum absolute atomic E-state index is 0.179. The highest BCUT2D eigenvalue weighted by molar-refractivity contribution is 6.10. The van der Waals surface area contributed by atoms with Crippen LogP contribution in [0.5, 0.6) is 5.75 Å². The molecule has 0 aliphatic carbocycles. The lowest BCUT2D eigenvalue weighted by molar-refractivity contribution is -0.114. The van der Waals surface area contributed by atoms with Gasteiger partial charge >= 0.3 is 0 Å². The SMILES string of the molecule is O=C1N=c2ccccc2=CC1=C=NNC(=O)c1ccc(OCc2ccccc2)cc1. The average molecular weight is 395 g/mol. The zero-order valence-corrected chi connectivity index (χ0v) is 15.9. The molecular weight excluding hydrogens is 378 g/mol. The van der Waals surface area contributed by atoms with Crippen molar-refractivity contribution in [3.63, 3.8) is 0 Å². The molecule has 2 amide bonds. The lowest BCUT2D eigenvalue weighted by Crippen LogP contribution is -2.30. The van der Waals surface area contributed by atoms with E-state index in [0.717, 1.165) is 10.8 Å². The van der Waals surface area contributed by atoms with Crippen LogP contribution in [0.3, 0.4) is 0 Å². The number of ether oxygens (including phenoxy) is 1. The molecule has 1 aliphatic rings. The van der Waals surface area contributed by atoms with E-state index < -0.39 is 11.8 Å². The molecular formula is C24H17N3O3. The van der Waals surface area contributed by atoms with Crippen molar-refractivity contribution in [2.75, 3.05) is 0 Å². The second-order valence-electron chi connectivity index (χ2n) is 6.50. The summed E-state index contributed by atoms with van der Waals surface area (Å²) in [6.45, 7) is 0.447. The first kappa shape index (κ1) is 19.1. The lowest BCUT2D eigenvalue weighted by atomic mass is 10.1. The molecule has 146 valence electrons. The van der Waals surface area contributed by atoms with E-state index in [4.69, 9.17) is 4.74 Å². The van der Waals surface area contributed by atoms with E-state index in [0.29, 0.717) is 23.3 Å². The lowest BCUT2D eigenvalue weighted by Gasteiger charge is -2.06. The Labute approximate surface area is 172 Å². The topological polar surface area (TPSA) is 80.1 Å². The fraction of sp³-hybridized carbons (Fsp3) is 0.0417. The van der Waals surface area contributed by atoms with Crippen molar-refractivity contribution >= 4 is 23.8 Å². The van der Waals surface area contributed by atoms with E-state index in [1.165, 1.54) is 0 Å². The molecule has 4 rings (SSSR count). The molecule has 30 heavy (non-hydrogen) atoms. The van der Waals surface area contributed by atoms with E-state index in [-0.39, 0.29) is 5.57 Å². The molecule has 0 aromatic heterocycles. The van der Waals surface area contributed by atoms with Crippen LogP contribution >= 0.6 is 0 Å². The third-order valence-electron chi connectivity index (χ3n) is 4.39. The molecule has 0 radical (unpaired) electrons. The van der Waals surface area contributed by atoms with Gasteiger partial charge in [0.15, 0.2) is 0 Å². The van der Waals surface area contributed by atoms with Crippen molar-refractivity contribution in [3.05, 3.63) is 106 Å². The van der Waals surface area contributed by atoms with Gasteiger partial charge in [0.25, 0.3) is 11.8 Å². The summed E-state index contributed by atoms with van der Waals surface area (Å²) >= 11 is 0. The molecule has 3 aromatic rings. The summed E-state index contributed by atoms with van der Waals surface area (Å²) < 4.78 is 5.70. The number of carbonyl (C=O) groups is 2. The number of benzene rings is 3. The summed E-state index contributed by atoms with van der Waals surface area (Å²) in [5.74, 6) is 2.33. The number of carbonyl (C=O) groups excluding carboxylic acids is 2. The Hall–Kier alpha value is -4.28. The van der Waals surface area contributed by atoms with Crippen molar-refractivity contribution < 1.29 is 14.3 Å². The van der Waals surface area contributed by atoms with Gasteiger partial charge in [-0.15, -0.1) is 5.10 Å². The van der Waals surface area contributed by atoms with Gasteiger partial charge in [0, 0.05) is 16.7 Å². The van der Waals surface area contributed by atoms with Crippen molar-refractivity contribution in [3.8, 4) is 5.75 Å². The molecule has 1 N–H and O–H groups in total. The van der Waals surface area contributed by atoms with Crippen LogP contribution in [0.2, 0.25) is 0 Å². The number of hydrogen-bond donors (Lipinski definition) is 1. The van der Waals surface area contributed by atoms with Gasteiger partial charge in [-0.3, -0.25) is 9.59 Å². The minimum atomic E-state index is -0.452. The van der Waals surface area contributed by atoms with Crippen LogP contribution in [-0.2, 0) is 11.4 Å². The standard InChI is InChI=1S/C24H17N3O3/c28-23-20(14-19-8-4-5-9-22(19)26-23)15-25-27-24(29)18-10-12-21(13-11-18)30-16-17-6-2-1-3-7-17/h1-14H,16H2,(H,27,29). The van der Waals surface area contributed by atoms with Crippen molar-refractivity contribution in [2.45, 2.75) is 6.61 Å². The number of nitrogens with zero attached hydrogens (tertiary/aromatic N) is 2. The zero-order valence-electron chi connectivity index (χ0n) is 15.9. The fourth-order valence-corrected chi connectivity index (χ4v) is 2.83. The number of hydrogen-bond acceptors (Lipinski definition) is 4. The third kappa shape index (κ3) is 4.58. The first-order valence-corrected chi connectivity index (χ1v) is 9.29. The number of para-hydroxylation sites is 1. The Bertz CT molecular complexity index is 1270. The Morgan fingerprint density at radius 2 is 1.70 bits per heavy atom. The number of hydrazone groups is 1. The van der Waals surface area contributed by atoms with E-state index in [9.17, 15) is 9.59 Å². The van der Waals surface area contributed by atoms with Gasteiger partial charge in [0.2, 0.25) is 0 Å². The molecule has 1 aliphatic heterocycles. The second-order valence-corrected chi connectivity index (χ2v) is 6.50. The van der Waals surface area contributed by atoms with E-state index >= 15 is 0 Å². The molecule has 0 saturated heterocycles. The maximum absolute atomic E-state index is 12.2. The summed E-state index contributed by atoms with van der Waals surface area (Å²) in [6, 6.07) is 23.8. The first-order chi connectivity index (χ1) is 14.7. The first-order valence-electron chi connectivity index (χ1n) is 9.29. The molecule has 0 saturated carbocycles. The van der Waals surface area contributed by atoms with Gasteiger partial charge in [-0.25, -0.2) is 10.4 Å². The van der Waals surface area contributed by atoms with Crippen LogP contribution in [0.1, 0.15) is 15.9 Å². The van der Waals surface area contributed by atoms with Crippen molar-refractivity contribution in [1.82, 2.24) is 5.43 Å². The van der Waals surface area contributed by atoms with Crippen LogP contribution < -0.4 is 20.7 Å². The van der Waals surface area contributed by atoms with E-state index in [1.807, 2.05) is 48.5 Å². The van der Waals surface area contributed by atoms with E-state index in [2.05, 4.69) is 21.4 Å². The van der Waals surface area contributed by atoms with Gasteiger partial charge in [-0.2, -0.15) is 0 Å². The molecule has 0 unspecified atom stereocenters. The van der Waals surface area contributed by atoms with Crippen molar-refractivity contribution in [2.24, 2.45) is 10.1 Å².